The van der Waals surface area contributed by atoms with Crippen molar-refractivity contribution in [1.82, 2.24) is 14.7 Å². The summed E-state index contributed by atoms with van der Waals surface area (Å²) in [5, 5.41) is 5.61. The summed E-state index contributed by atoms with van der Waals surface area (Å²) in [4.78, 5) is 28.2. The van der Waals surface area contributed by atoms with Crippen molar-refractivity contribution in [3.05, 3.63) is 112 Å². The molecule has 5 heteroatoms. The molecule has 0 radical (unpaired) electrons. The highest BCUT2D eigenvalue weighted by Gasteiger charge is 2.21. The molecule has 0 fully saturated rings. The first-order chi connectivity index (χ1) is 14.7. The number of carbonyl (C=O) groups is 1. The van der Waals surface area contributed by atoms with Gasteiger partial charge < -0.3 is 4.90 Å². The van der Waals surface area contributed by atoms with Crippen LogP contribution in [0.15, 0.2) is 89.7 Å². The highest BCUT2D eigenvalue weighted by atomic mass is 16.2. The maximum absolute atomic E-state index is 13.5. The largest absolute Gasteiger partial charge is 0.333 e. The van der Waals surface area contributed by atoms with E-state index >= 15 is 0 Å². The van der Waals surface area contributed by atoms with Gasteiger partial charge in [-0.3, -0.25) is 9.59 Å². The van der Waals surface area contributed by atoms with Crippen LogP contribution in [0.1, 0.15) is 28.5 Å². The molecule has 5 nitrogen and oxygen atoms in total. The van der Waals surface area contributed by atoms with Crippen LogP contribution in [0.4, 0.5) is 0 Å². The molecule has 0 spiro atoms. The predicted molar refractivity (Wildman–Crippen MR) is 118 cm³/mol. The van der Waals surface area contributed by atoms with Crippen molar-refractivity contribution < 1.29 is 4.79 Å². The van der Waals surface area contributed by atoms with Gasteiger partial charge in [0.2, 0.25) is 0 Å². The first-order valence-corrected chi connectivity index (χ1v) is 10.0. The average Bonchev–Trinajstić information content (AvgIpc) is 2.80. The maximum atomic E-state index is 13.5. The van der Waals surface area contributed by atoms with Crippen molar-refractivity contribution in [2.75, 3.05) is 6.54 Å². The minimum absolute atomic E-state index is 0.181. The van der Waals surface area contributed by atoms with Crippen LogP contribution in [-0.4, -0.2) is 27.1 Å². The first-order valence-electron chi connectivity index (χ1n) is 10.0. The Balaban J connectivity index is 1.77. The lowest BCUT2D eigenvalue weighted by atomic mass is 10.1. The fourth-order valence-electron chi connectivity index (χ4n) is 3.54. The standard InChI is InChI=1S/C25H23N3O2/c1-2-27(17-19-11-5-3-6-12-19)25(30)23-21-15-9-10-16-22(21)24(29)28(26-23)18-20-13-7-4-8-14-20/h3-16H,2,17-18H2,1H3. The Kier molecular flexibility index (Phi) is 5.70. The predicted octanol–water partition coefficient (Wildman–Crippen LogP) is 4.11. The summed E-state index contributed by atoms with van der Waals surface area (Å²) in [6, 6.07) is 26.7. The lowest BCUT2D eigenvalue weighted by molar-refractivity contribution is 0.0746. The quantitative estimate of drug-likeness (QED) is 0.492. The molecular formula is C25H23N3O2. The Morgan fingerprint density at radius 2 is 1.40 bits per heavy atom. The molecule has 0 saturated heterocycles. The highest BCUT2D eigenvalue weighted by Crippen LogP contribution is 2.17. The van der Waals surface area contributed by atoms with E-state index < -0.39 is 0 Å². The van der Waals surface area contributed by atoms with Gasteiger partial charge in [-0.05, 0) is 24.1 Å². The van der Waals surface area contributed by atoms with Crippen molar-refractivity contribution in [3.63, 3.8) is 0 Å². The van der Waals surface area contributed by atoms with E-state index in [9.17, 15) is 9.59 Å². The monoisotopic (exact) mass is 397 g/mol. The average molecular weight is 397 g/mol. The molecule has 4 rings (SSSR count). The summed E-state index contributed by atoms with van der Waals surface area (Å²) in [6.45, 7) is 3.30. The van der Waals surface area contributed by atoms with Crippen LogP contribution >= 0.6 is 0 Å². The molecule has 0 N–H and O–H groups in total. The number of hydrogen-bond acceptors (Lipinski definition) is 3. The van der Waals surface area contributed by atoms with Crippen LogP contribution in [0.5, 0.6) is 0 Å². The normalized spacial score (nSPS) is 10.8. The Morgan fingerprint density at radius 1 is 0.833 bits per heavy atom. The molecule has 4 aromatic rings. The number of amides is 1. The van der Waals surface area contributed by atoms with E-state index in [0.717, 1.165) is 11.1 Å². The van der Waals surface area contributed by atoms with Crippen LogP contribution in [-0.2, 0) is 13.1 Å². The molecule has 0 aliphatic heterocycles. The zero-order valence-electron chi connectivity index (χ0n) is 16.9. The number of nitrogens with zero attached hydrogens (tertiary/aromatic N) is 3. The number of hydrogen-bond donors (Lipinski definition) is 0. The molecule has 150 valence electrons. The second-order valence-corrected chi connectivity index (χ2v) is 7.15. The van der Waals surface area contributed by atoms with Crippen LogP contribution < -0.4 is 5.56 Å². The van der Waals surface area contributed by atoms with E-state index in [2.05, 4.69) is 5.10 Å². The lowest BCUT2D eigenvalue weighted by Crippen LogP contribution is -2.34. The van der Waals surface area contributed by atoms with Crippen molar-refractivity contribution in [2.24, 2.45) is 0 Å². The van der Waals surface area contributed by atoms with Crippen molar-refractivity contribution >= 4 is 16.7 Å². The van der Waals surface area contributed by atoms with Crippen molar-refractivity contribution in [1.29, 1.82) is 0 Å². The van der Waals surface area contributed by atoms with Gasteiger partial charge >= 0.3 is 0 Å². The Bertz CT molecular complexity index is 1220. The zero-order chi connectivity index (χ0) is 20.9. The molecule has 1 heterocycles. The van der Waals surface area contributed by atoms with Crippen LogP contribution in [0, 0.1) is 0 Å². The number of aromatic nitrogens is 2. The topological polar surface area (TPSA) is 55.2 Å². The number of fused-ring (bicyclic) bond motifs is 1. The van der Waals surface area contributed by atoms with E-state index in [0.29, 0.717) is 36.1 Å². The van der Waals surface area contributed by atoms with E-state index in [-0.39, 0.29) is 11.5 Å². The van der Waals surface area contributed by atoms with Crippen LogP contribution in [0.25, 0.3) is 10.8 Å². The van der Waals surface area contributed by atoms with Crippen LogP contribution in [0.2, 0.25) is 0 Å². The second kappa shape index (κ2) is 8.74. The Labute approximate surface area is 175 Å². The second-order valence-electron chi connectivity index (χ2n) is 7.15. The number of rotatable bonds is 6. The molecule has 1 amide bonds. The summed E-state index contributed by atoms with van der Waals surface area (Å²) < 4.78 is 1.39. The summed E-state index contributed by atoms with van der Waals surface area (Å²) in [6.07, 6.45) is 0. The molecule has 1 aromatic heterocycles. The molecule has 0 unspecified atom stereocenters. The molecule has 30 heavy (non-hydrogen) atoms. The minimum atomic E-state index is -0.197. The Morgan fingerprint density at radius 3 is 2.03 bits per heavy atom. The first kappa shape index (κ1) is 19.6. The fraction of sp³-hybridized carbons (Fsp3) is 0.160. The van der Waals surface area contributed by atoms with Gasteiger partial charge in [0.15, 0.2) is 5.69 Å². The molecule has 0 aliphatic carbocycles. The molecule has 0 atom stereocenters. The smallest absolute Gasteiger partial charge is 0.275 e. The van der Waals surface area contributed by atoms with Gasteiger partial charge in [-0.25, -0.2) is 4.68 Å². The maximum Gasteiger partial charge on any atom is 0.275 e. The third-order valence-electron chi connectivity index (χ3n) is 5.13. The fourth-order valence-corrected chi connectivity index (χ4v) is 3.54. The number of carbonyl (C=O) groups excluding carboxylic acids is 1. The SMILES string of the molecule is CCN(Cc1ccccc1)C(=O)c1nn(Cc2ccccc2)c(=O)c2ccccc12. The third kappa shape index (κ3) is 4.01. The van der Waals surface area contributed by atoms with E-state index in [4.69, 9.17) is 0 Å². The zero-order valence-corrected chi connectivity index (χ0v) is 16.9. The molecular weight excluding hydrogens is 374 g/mol. The summed E-state index contributed by atoms with van der Waals surface area (Å²) >= 11 is 0. The van der Waals surface area contributed by atoms with Crippen molar-refractivity contribution in [3.8, 4) is 0 Å². The van der Waals surface area contributed by atoms with Crippen molar-refractivity contribution in [2.45, 2.75) is 20.0 Å². The summed E-state index contributed by atoms with van der Waals surface area (Å²) in [5.74, 6) is -0.181. The molecule has 0 bridgehead atoms. The third-order valence-corrected chi connectivity index (χ3v) is 5.13. The van der Waals surface area contributed by atoms with Crippen LogP contribution in [0.3, 0.4) is 0 Å². The minimum Gasteiger partial charge on any atom is -0.333 e. The van der Waals surface area contributed by atoms with Gasteiger partial charge in [0.25, 0.3) is 11.5 Å². The lowest BCUT2D eigenvalue weighted by Gasteiger charge is -2.22. The summed E-state index contributed by atoms with van der Waals surface area (Å²) in [5.41, 5.74) is 2.11. The van der Waals surface area contributed by atoms with E-state index in [1.165, 1.54) is 4.68 Å². The van der Waals surface area contributed by atoms with E-state index in [1.54, 1.807) is 17.0 Å². The van der Waals surface area contributed by atoms with Gasteiger partial charge in [-0.2, -0.15) is 5.10 Å². The van der Waals surface area contributed by atoms with E-state index in [1.807, 2.05) is 79.7 Å². The molecule has 3 aromatic carbocycles. The van der Waals surface area contributed by atoms with Gasteiger partial charge in [0.1, 0.15) is 0 Å². The Hall–Kier alpha value is -3.73. The van der Waals surface area contributed by atoms with Gasteiger partial charge in [0, 0.05) is 18.5 Å². The highest BCUT2D eigenvalue weighted by molar-refractivity contribution is 6.04. The van der Waals surface area contributed by atoms with Gasteiger partial charge in [-0.15, -0.1) is 0 Å². The number of benzene rings is 3. The molecule has 0 aliphatic rings. The molecule has 0 saturated carbocycles. The summed E-state index contributed by atoms with van der Waals surface area (Å²) in [7, 11) is 0. The van der Waals surface area contributed by atoms with Gasteiger partial charge in [0.05, 0.1) is 11.9 Å². The van der Waals surface area contributed by atoms with Gasteiger partial charge in [-0.1, -0.05) is 78.9 Å².